The summed E-state index contributed by atoms with van der Waals surface area (Å²) < 4.78 is 13.4. The number of Topliss-reactive ketones (excluding diaryl/α,β-unsaturated/α-hetero) is 1. The topological polar surface area (TPSA) is 17.1 Å². The average molecular weight is 266 g/mol. The van der Waals surface area contributed by atoms with Crippen LogP contribution in [0.5, 0.6) is 0 Å². The molecule has 0 amide bonds. The third-order valence-electron chi connectivity index (χ3n) is 3.50. The van der Waals surface area contributed by atoms with Crippen LogP contribution in [-0.2, 0) is 0 Å². The van der Waals surface area contributed by atoms with Gasteiger partial charge in [0.1, 0.15) is 5.82 Å². The van der Waals surface area contributed by atoms with E-state index in [1.54, 1.807) is 30.8 Å². The van der Waals surface area contributed by atoms with Gasteiger partial charge in [-0.05, 0) is 31.4 Å². The van der Waals surface area contributed by atoms with Gasteiger partial charge in [0.2, 0.25) is 0 Å². The lowest BCUT2D eigenvalue weighted by Gasteiger charge is -2.20. The second kappa shape index (κ2) is 6.37. The van der Waals surface area contributed by atoms with Gasteiger partial charge in [0.25, 0.3) is 0 Å². The van der Waals surface area contributed by atoms with E-state index in [0.717, 1.165) is 0 Å². The lowest BCUT2D eigenvalue weighted by atomic mass is 10.0. The van der Waals surface area contributed by atoms with Crippen LogP contribution in [0, 0.1) is 12.7 Å². The third kappa shape index (κ3) is 3.58. The van der Waals surface area contributed by atoms with Crippen molar-refractivity contribution in [2.75, 3.05) is 5.75 Å². The highest BCUT2D eigenvalue weighted by molar-refractivity contribution is 8.00. The summed E-state index contributed by atoms with van der Waals surface area (Å²) in [5, 5.41) is 0.623. The Hall–Kier alpha value is -0.830. The molecule has 1 aromatic rings. The van der Waals surface area contributed by atoms with Gasteiger partial charge in [0.05, 0.1) is 5.75 Å². The van der Waals surface area contributed by atoms with Crippen molar-refractivity contribution >= 4 is 17.5 Å². The highest BCUT2D eigenvalue weighted by Gasteiger charge is 2.16. The molecule has 1 nitrogen and oxygen atoms in total. The van der Waals surface area contributed by atoms with Crippen molar-refractivity contribution in [3.05, 3.63) is 35.1 Å². The van der Waals surface area contributed by atoms with Gasteiger partial charge in [-0.25, -0.2) is 4.39 Å². The molecule has 0 bridgehead atoms. The maximum atomic E-state index is 13.4. The fraction of sp³-hybridized carbons (Fsp3) is 0.533. The van der Waals surface area contributed by atoms with Crippen LogP contribution in [0.3, 0.4) is 0 Å². The Kier molecular flexibility index (Phi) is 4.81. The molecule has 0 spiro atoms. The van der Waals surface area contributed by atoms with Gasteiger partial charge >= 0.3 is 0 Å². The van der Waals surface area contributed by atoms with Crippen molar-refractivity contribution in [3.63, 3.8) is 0 Å². The highest BCUT2D eigenvalue weighted by atomic mass is 32.2. The molecule has 0 aliphatic heterocycles. The number of hydrogen-bond donors (Lipinski definition) is 0. The molecule has 1 fully saturated rings. The molecule has 98 valence electrons. The molecule has 0 saturated heterocycles. The number of halogens is 1. The highest BCUT2D eigenvalue weighted by Crippen LogP contribution is 2.28. The first-order valence-electron chi connectivity index (χ1n) is 6.58. The molecule has 0 unspecified atom stereocenters. The van der Waals surface area contributed by atoms with Crippen LogP contribution in [0.1, 0.15) is 48.0 Å². The third-order valence-corrected chi connectivity index (χ3v) is 4.87. The summed E-state index contributed by atoms with van der Waals surface area (Å²) in [4.78, 5) is 12.0. The fourth-order valence-electron chi connectivity index (χ4n) is 2.27. The first-order valence-corrected chi connectivity index (χ1v) is 7.62. The van der Waals surface area contributed by atoms with Gasteiger partial charge in [-0.1, -0.05) is 31.4 Å². The second-order valence-electron chi connectivity index (χ2n) is 4.96. The van der Waals surface area contributed by atoms with E-state index in [1.807, 2.05) is 0 Å². The summed E-state index contributed by atoms with van der Waals surface area (Å²) in [5.74, 6) is 0.237. The van der Waals surface area contributed by atoms with Gasteiger partial charge in [0, 0.05) is 10.8 Å². The minimum Gasteiger partial charge on any atom is -0.293 e. The maximum Gasteiger partial charge on any atom is 0.172 e. The van der Waals surface area contributed by atoms with E-state index in [0.29, 0.717) is 22.1 Å². The van der Waals surface area contributed by atoms with E-state index >= 15 is 0 Å². The van der Waals surface area contributed by atoms with Crippen molar-refractivity contribution in [1.82, 2.24) is 0 Å². The summed E-state index contributed by atoms with van der Waals surface area (Å²) in [7, 11) is 0. The lowest BCUT2D eigenvalue weighted by molar-refractivity contribution is 0.102. The fourth-order valence-corrected chi connectivity index (χ4v) is 3.50. The zero-order chi connectivity index (χ0) is 13.0. The molecular formula is C15H19FOS. The van der Waals surface area contributed by atoms with Crippen molar-refractivity contribution < 1.29 is 9.18 Å². The molecule has 0 atom stereocenters. The Balaban J connectivity index is 1.88. The largest absolute Gasteiger partial charge is 0.293 e. The number of aryl methyl sites for hydroxylation is 1. The van der Waals surface area contributed by atoms with Crippen LogP contribution in [-0.4, -0.2) is 16.8 Å². The number of thioether (sulfide) groups is 1. The van der Waals surface area contributed by atoms with Crippen molar-refractivity contribution in [2.45, 2.75) is 44.3 Å². The number of hydrogen-bond acceptors (Lipinski definition) is 2. The van der Waals surface area contributed by atoms with Crippen LogP contribution in [0.2, 0.25) is 0 Å². The average Bonchev–Trinajstić information content (AvgIpc) is 2.40. The van der Waals surface area contributed by atoms with Gasteiger partial charge in [0.15, 0.2) is 5.78 Å². The van der Waals surface area contributed by atoms with Crippen molar-refractivity contribution in [3.8, 4) is 0 Å². The standard InChI is InChI=1S/C15H19FOS/c1-11-7-8-12(9-14(11)16)15(17)10-18-13-5-3-2-4-6-13/h7-9,13H,2-6,10H2,1H3. The first kappa shape index (κ1) is 13.6. The maximum absolute atomic E-state index is 13.4. The molecule has 1 aromatic carbocycles. The van der Waals surface area contributed by atoms with Crippen LogP contribution in [0.4, 0.5) is 4.39 Å². The van der Waals surface area contributed by atoms with Gasteiger partial charge in [-0.3, -0.25) is 4.79 Å². The zero-order valence-electron chi connectivity index (χ0n) is 10.7. The predicted molar refractivity (Wildman–Crippen MR) is 74.8 cm³/mol. The molecular weight excluding hydrogens is 247 g/mol. The summed E-state index contributed by atoms with van der Waals surface area (Å²) in [6.45, 7) is 1.71. The van der Waals surface area contributed by atoms with E-state index in [9.17, 15) is 9.18 Å². The minimum atomic E-state index is -0.288. The Morgan fingerprint density at radius 3 is 2.72 bits per heavy atom. The Morgan fingerprint density at radius 1 is 1.33 bits per heavy atom. The zero-order valence-corrected chi connectivity index (χ0v) is 11.6. The summed E-state index contributed by atoms with van der Waals surface area (Å²) in [6, 6.07) is 4.76. The van der Waals surface area contributed by atoms with E-state index in [4.69, 9.17) is 0 Å². The van der Waals surface area contributed by atoms with E-state index in [2.05, 4.69) is 0 Å². The number of carbonyl (C=O) groups excluding carboxylic acids is 1. The summed E-state index contributed by atoms with van der Waals surface area (Å²) in [5.41, 5.74) is 1.09. The monoisotopic (exact) mass is 266 g/mol. The van der Waals surface area contributed by atoms with Crippen molar-refractivity contribution in [1.29, 1.82) is 0 Å². The van der Waals surface area contributed by atoms with Gasteiger partial charge in [-0.15, -0.1) is 0 Å². The molecule has 0 heterocycles. The van der Waals surface area contributed by atoms with Gasteiger partial charge < -0.3 is 0 Å². The molecule has 0 aromatic heterocycles. The summed E-state index contributed by atoms with van der Waals surface area (Å²) in [6.07, 6.45) is 6.34. The second-order valence-corrected chi connectivity index (χ2v) is 6.25. The Morgan fingerprint density at radius 2 is 2.06 bits per heavy atom. The van der Waals surface area contributed by atoms with E-state index in [-0.39, 0.29) is 11.6 Å². The molecule has 0 N–H and O–H groups in total. The molecule has 18 heavy (non-hydrogen) atoms. The molecule has 2 rings (SSSR count). The van der Waals surface area contributed by atoms with Crippen LogP contribution < -0.4 is 0 Å². The van der Waals surface area contributed by atoms with Crippen LogP contribution >= 0.6 is 11.8 Å². The van der Waals surface area contributed by atoms with E-state index in [1.165, 1.54) is 38.2 Å². The number of carbonyl (C=O) groups is 1. The molecule has 1 aliphatic rings. The molecule has 0 radical (unpaired) electrons. The quantitative estimate of drug-likeness (QED) is 0.752. The van der Waals surface area contributed by atoms with Crippen molar-refractivity contribution in [2.24, 2.45) is 0 Å². The minimum absolute atomic E-state index is 0.0458. The normalized spacial score (nSPS) is 16.8. The molecule has 1 aliphatic carbocycles. The number of ketones is 1. The first-order chi connectivity index (χ1) is 8.66. The lowest BCUT2D eigenvalue weighted by Crippen LogP contribution is -2.12. The Labute approximate surface area is 112 Å². The van der Waals surface area contributed by atoms with Gasteiger partial charge in [-0.2, -0.15) is 11.8 Å². The molecule has 1 saturated carbocycles. The predicted octanol–water partition coefficient (Wildman–Crippen LogP) is 4.38. The van der Waals surface area contributed by atoms with E-state index < -0.39 is 0 Å². The number of benzene rings is 1. The van der Waals surface area contributed by atoms with Crippen LogP contribution in [0.25, 0.3) is 0 Å². The molecule has 3 heteroatoms. The smallest absolute Gasteiger partial charge is 0.172 e. The summed E-state index contributed by atoms with van der Waals surface area (Å²) >= 11 is 1.74. The SMILES string of the molecule is Cc1ccc(C(=O)CSC2CCCCC2)cc1F. The Bertz CT molecular complexity index is 425. The van der Waals surface area contributed by atoms with Crippen LogP contribution in [0.15, 0.2) is 18.2 Å². The number of rotatable bonds is 4.